The van der Waals surface area contributed by atoms with E-state index < -0.39 is 0 Å². The van der Waals surface area contributed by atoms with Gasteiger partial charge in [0.1, 0.15) is 0 Å². The molecular formula is C13H16O. The SMILES string of the molecule is O[C@H](c1ccccc1)[C@@H]1CC=CCC1. The molecule has 0 amide bonds. The van der Waals surface area contributed by atoms with Gasteiger partial charge < -0.3 is 5.11 Å². The molecule has 74 valence electrons. The third-order valence-corrected chi connectivity index (χ3v) is 2.90. The van der Waals surface area contributed by atoms with Gasteiger partial charge in [0.25, 0.3) is 0 Å². The van der Waals surface area contributed by atoms with Gasteiger partial charge in [0.05, 0.1) is 6.10 Å². The molecule has 0 saturated carbocycles. The van der Waals surface area contributed by atoms with Crippen LogP contribution in [0.3, 0.4) is 0 Å². The minimum atomic E-state index is -0.291. The molecule has 1 N–H and O–H groups in total. The van der Waals surface area contributed by atoms with E-state index in [1.165, 1.54) is 0 Å². The minimum Gasteiger partial charge on any atom is -0.388 e. The molecule has 0 bridgehead atoms. The van der Waals surface area contributed by atoms with Gasteiger partial charge in [0.2, 0.25) is 0 Å². The Balaban J connectivity index is 2.08. The van der Waals surface area contributed by atoms with Crippen LogP contribution in [0.5, 0.6) is 0 Å². The van der Waals surface area contributed by atoms with Gasteiger partial charge >= 0.3 is 0 Å². The lowest BCUT2D eigenvalue weighted by Gasteiger charge is -2.23. The molecule has 0 spiro atoms. The summed E-state index contributed by atoms with van der Waals surface area (Å²) < 4.78 is 0. The molecule has 1 heteroatoms. The summed E-state index contributed by atoms with van der Waals surface area (Å²) in [6.45, 7) is 0. The maximum absolute atomic E-state index is 10.1. The lowest BCUT2D eigenvalue weighted by atomic mass is 9.86. The van der Waals surface area contributed by atoms with Gasteiger partial charge in [0, 0.05) is 0 Å². The van der Waals surface area contributed by atoms with E-state index in [1.807, 2.05) is 30.3 Å². The molecule has 0 aromatic heterocycles. The molecule has 1 aliphatic carbocycles. The molecule has 0 radical (unpaired) electrons. The standard InChI is InChI=1S/C13H16O/c14-13(11-7-3-1-4-8-11)12-9-5-2-6-10-12/h1-5,7-8,12-14H,6,9-10H2/t12-,13-/m1/s1. The first kappa shape index (κ1) is 9.47. The Hall–Kier alpha value is -1.08. The highest BCUT2D eigenvalue weighted by molar-refractivity contribution is 5.18. The summed E-state index contributed by atoms with van der Waals surface area (Å²) in [5.41, 5.74) is 1.05. The third-order valence-electron chi connectivity index (χ3n) is 2.90. The summed E-state index contributed by atoms with van der Waals surface area (Å²) >= 11 is 0. The molecule has 14 heavy (non-hydrogen) atoms. The number of hydrogen-bond acceptors (Lipinski definition) is 1. The molecule has 2 rings (SSSR count). The summed E-state index contributed by atoms with van der Waals surface area (Å²) in [6.07, 6.45) is 7.31. The van der Waals surface area contributed by atoms with Crippen molar-refractivity contribution in [1.82, 2.24) is 0 Å². The van der Waals surface area contributed by atoms with Gasteiger partial charge in [-0.05, 0) is 30.7 Å². The Morgan fingerprint density at radius 2 is 1.93 bits per heavy atom. The minimum absolute atomic E-state index is 0.291. The Bertz CT molecular complexity index is 302. The molecule has 1 aliphatic rings. The number of hydrogen-bond donors (Lipinski definition) is 1. The quantitative estimate of drug-likeness (QED) is 0.707. The average molecular weight is 188 g/mol. The lowest BCUT2D eigenvalue weighted by molar-refractivity contribution is 0.102. The summed E-state index contributed by atoms with van der Waals surface area (Å²) in [5.74, 6) is 0.405. The Kier molecular flexibility index (Phi) is 3.00. The van der Waals surface area contributed by atoms with Crippen LogP contribution in [0.2, 0.25) is 0 Å². The van der Waals surface area contributed by atoms with Crippen molar-refractivity contribution in [2.24, 2.45) is 5.92 Å². The highest BCUT2D eigenvalue weighted by atomic mass is 16.3. The Labute approximate surface area is 85.1 Å². The van der Waals surface area contributed by atoms with E-state index in [9.17, 15) is 5.11 Å². The lowest BCUT2D eigenvalue weighted by Crippen LogP contribution is -2.13. The van der Waals surface area contributed by atoms with E-state index in [0.29, 0.717) is 5.92 Å². The van der Waals surface area contributed by atoms with Gasteiger partial charge in [0.15, 0.2) is 0 Å². The van der Waals surface area contributed by atoms with Crippen molar-refractivity contribution < 1.29 is 5.11 Å². The average Bonchev–Trinajstić information content (AvgIpc) is 2.30. The van der Waals surface area contributed by atoms with Crippen LogP contribution in [-0.2, 0) is 0 Å². The van der Waals surface area contributed by atoms with Crippen LogP contribution in [0.1, 0.15) is 30.9 Å². The largest absolute Gasteiger partial charge is 0.388 e. The zero-order valence-corrected chi connectivity index (χ0v) is 8.26. The molecule has 2 atom stereocenters. The van der Waals surface area contributed by atoms with Crippen molar-refractivity contribution in [3.8, 4) is 0 Å². The van der Waals surface area contributed by atoms with Crippen LogP contribution in [0, 0.1) is 5.92 Å². The molecular weight excluding hydrogens is 172 g/mol. The van der Waals surface area contributed by atoms with E-state index in [2.05, 4.69) is 12.2 Å². The van der Waals surface area contributed by atoms with E-state index in [1.54, 1.807) is 0 Å². The fourth-order valence-corrected chi connectivity index (χ4v) is 2.03. The maximum atomic E-state index is 10.1. The number of allylic oxidation sites excluding steroid dienone is 2. The second kappa shape index (κ2) is 4.43. The first-order valence-electron chi connectivity index (χ1n) is 5.26. The van der Waals surface area contributed by atoms with Crippen molar-refractivity contribution >= 4 is 0 Å². The molecule has 0 unspecified atom stereocenters. The van der Waals surface area contributed by atoms with Gasteiger partial charge in [-0.1, -0.05) is 42.5 Å². The van der Waals surface area contributed by atoms with Crippen LogP contribution in [-0.4, -0.2) is 5.11 Å². The number of rotatable bonds is 2. The summed E-state index contributed by atoms with van der Waals surface area (Å²) in [4.78, 5) is 0. The smallest absolute Gasteiger partial charge is 0.0821 e. The number of aliphatic hydroxyl groups excluding tert-OH is 1. The maximum Gasteiger partial charge on any atom is 0.0821 e. The Morgan fingerprint density at radius 1 is 1.14 bits per heavy atom. The van der Waals surface area contributed by atoms with Crippen LogP contribution < -0.4 is 0 Å². The fourth-order valence-electron chi connectivity index (χ4n) is 2.03. The second-order valence-electron chi connectivity index (χ2n) is 3.90. The molecule has 0 heterocycles. The van der Waals surface area contributed by atoms with Crippen molar-refractivity contribution in [3.63, 3.8) is 0 Å². The van der Waals surface area contributed by atoms with Crippen LogP contribution >= 0.6 is 0 Å². The monoisotopic (exact) mass is 188 g/mol. The molecule has 1 aromatic rings. The van der Waals surface area contributed by atoms with Crippen molar-refractivity contribution in [2.75, 3.05) is 0 Å². The molecule has 0 saturated heterocycles. The normalized spacial score (nSPS) is 23.4. The molecule has 1 aromatic carbocycles. The van der Waals surface area contributed by atoms with Crippen LogP contribution in [0.4, 0.5) is 0 Å². The summed E-state index contributed by atoms with van der Waals surface area (Å²) in [6, 6.07) is 9.96. The summed E-state index contributed by atoms with van der Waals surface area (Å²) in [5, 5.41) is 10.1. The van der Waals surface area contributed by atoms with Crippen molar-refractivity contribution in [1.29, 1.82) is 0 Å². The van der Waals surface area contributed by atoms with Gasteiger partial charge in [-0.2, -0.15) is 0 Å². The van der Waals surface area contributed by atoms with Crippen LogP contribution in [0.15, 0.2) is 42.5 Å². The van der Waals surface area contributed by atoms with Crippen LogP contribution in [0.25, 0.3) is 0 Å². The van der Waals surface area contributed by atoms with E-state index >= 15 is 0 Å². The molecule has 0 aliphatic heterocycles. The van der Waals surface area contributed by atoms with Gasteiger partial charge in [-0.25, -0.2) is 0 Å². The zero-order chi connectivity index (χ0) is 9.80. The Morgan fingerprint density at radius 3 is 2.57 bits per heavy atom. The topological polar surface area (TPSA) is 20.2 Å². The van der Waals surface area contributed by atoms with Gasteiger partial charge in [-0.3, -0.25) is 0 Å². The van der Waals surface area contributed by atoms with Crippen molar-refractivity contribution in [3.05, 3.63) is 48.0 Å². The number of aliphatic hydroxyl groups is 1. The van der Waals surface area contributed by atoms with Crippen molar-refractivity contribution in [2.45, 2.75) is 25.4 Å². The first-order chi connectivity index (χ1) is 6.88. The van der Waals surface area contributed by atoms with E-state index in [0.717, 1.165) is 24.8 Å². The fraction of sp³-hybridized carbons (Fsp3) is 0.385. The van der Waals surface area contributed by atoms with Gasteiger partial charge in [-0.15, -0.1) is 0 Å². The molecule has 1 nitrogen and oxygen atoms in total. The third kappa shape index (κ3) is 2.05. The number of benzene rings is 1. The highest BCUT2D eigenvalue weighted by Crippen LogP contribution is 2.31. The first-order valence-corrected chi connectivity index (χ1v) is 5.26. The predicted molar refractivity (Wildman–Crippen MR) is 57.9 cm³/mol. The highest BCUT2D eigenvalue weighted by Gasteiger charge is 2.20. The predicted octanol–water partition coefficient (Wildman–Crippen LogP) is 3.08. The zero-order valence-electron chi connectivity index (χ0n) is 8.26. The van der Waals surface area contributed by atoms with E-state index in [4.69, 9.17) is 0 Å². The second-order valence-corrected chi connectivity index (χ2v) is 3.90. The van der Waals surface area contributed by atoms with E-state index in [-0.39, 0.29) is 6.10 Å². The summed E-state index contributed by atoms with van der Waals surface area (Å²) in [7, 11) is 0. The molecule has 0 fully saturated rings.